The lowest BCUT2D eigenvalue weighted by Crippen LogP contribution is -2.50. The first kappa shape index (κ1) is 42.0. The van der Waals surface area contributed by atoms with Crippen LogP contribution in [-0.2, 0) is 0 Å². The van der Waals surface area contributed by atoms with Crippen molar-refractivity contribution in [2.45, 2.75) is 142 Å². The zero-order valence-electron chi connectivity index (χ0n) is 34.5. The van der Waals surface area contributed by atoms with E-state index in [9.17, 15) is 5.11 Å². The van der Waals surface area contributed by atoms with Gasteiger partial charge >= 0.3 is 0 Å². The second-order valence-electron chi connectivity index (χ2n) is 17.6. The topological polar surface area (TPSA) is 71.4 Å². The Balaban J connectivity index is 1.87. The van der Waals surface area contributed by atoms with E-state index in [1.807, 2.05) is 17.0 Å². The number of rotatable bonds is 10. The lowest BCUT2D eigenvalue weighted by Gasteiger charge is -2.42. The number of aromatic nitrogens is 3. The number of anilines is 1. The average Bonchev–Trinajstić information content (AvgIpc) is 3.06. The summed E-state index contributed by atoms with van der Waals surface area (Å²) >= 11 is 6.49. The third-order valence-electron chi connectivity index (χ3n) is 12.2. The zero-order valence-corrected chi connectivity index (χ0v) is 37.2. The highest BCUT2D eigenvalue weighted by molar-refractivity contribution is 6.90. The van der Waals surface area contributed by atoms with Crippen molar-refractivity contribution in [2.75, 3.05) is 18.0 Å². The molecule has 0 amide bonds. The Kier molecular flexibility index (Phi) is 12.3. The van der Waals surface area contributed by atoms with Crippen molar-refractivity contribution in [1.29, 1.82) is 0 Å². The summed E-state index contributed by atoms with van der Waals surface area (Å²) in [6.07, 6.45) is 2.95. The molecule has 4 aromatic rings. The van der Waals surface area contributed by atoms with Crippen molar-refractivity contribution in [3.8, 4) is 28.5 Å². The zero-order chi connectivity index (χ0) is 40.1. The van der Waals surface area contributed by atoms with Crippen molar-refractivity contribution < 1.29 is 18.3 Å². The number of benzene rings is 2. The molecular formula is C43H59ClF2N4O2Si2. The van der Waals surface area contributed by atoms with Gasteiger partial charge in [-0.15, -0.1) is 5.54 Å². The third kappa shape index (κ3) is 7.55. The molecule has 54 heavy (non-hydrogen) atoms. The molecule has 1 N–H and O–H groups in total. The number of pyridine rings is 1. The molecule has 0 spiro atoms. The summed E-state index contributed by atoms with van der Waals surface area (Å²) in [6, 6.07) is 6.96. The van der Waals surface area contributed by atoms with Crippen LogP contribution in [0.1, 0.15) is 108 Å². The molecule has 0 unspecified atom stereocenters. The molecule has 6 nitrogen and oxygen atoms in total. The molecule has 11 heteroatoms. The number of β-amino-alcohol motifs (C(OH)–C–C–N with tert-alkyl or cyclic N) is 1. The van der Waals surface area contributed by atoms with Gasteiger partial charge in [-0.1, -0.05) is 95.1 Å². The molecule has 0 aliphatic carbocycles. The smallest absolute Gasteiger partial charge is 0.258 e. The molecule has 2 aromatic carbocycles. The molecule has 5 rings (SSSR count). The highest BCUT2D eigenvalue weighted by Crippen LogP contribution is 2.46. The molecule has 0 radical (unpaired) electrons. The predicted molar refractivity (Wildman–Crippen MR) is 227 cm³/mol. The van der Waals surface area contributed by atoms with Crippen molar-refractivity contribution in [2.24, 2.45) is 0 Å². The van der Waals surface area contributed by atoms with E-state index in [1.54, 1.807) is 19.2 Å². The maximum absolute atomic E-state index is 17.3. The monoisotopic (exact) mass is 792 g/mol. The molecule has 3 heterocycles. The highest BCUT2D eigenvalue weighted by Gasteiger charge is 2.47. The van der Waals surface area contributed by atoms with E-state index < -0.39 is 33.6 Å². The first-order valence-electron chi connectivity index (χ1n) is 19.7. The van der Waals surface area contributed by atoms with Gasteiger partial charge in [0, 0.05) is 30.2 Å². The SMILES string of the molecule is CC(C)[Si](C#Cc1c(F)ccc2cc(O[Si](C(C)C)(C(C)C)C(C)C)cc(-c3ncc4c(N5CCC[C@@](C)(O)C5)nc(Cl)nc4c3F)c12)(C(C)C)C(C)C. The fraction of sp³-hybridized carbons (Fsp3) is 0.558. The van der Waals surface area contributed by atoms with E-state index in [-0.39, 0.29) is 38.7 Å². The van der Waals surface area contributed by atoms with E-state index >= 15 is 8.78 Å². The normalized spacial score (nSPS) is 17.2. The lowest BCUT2D eigenvalue weighted by atomic mass is 9.94. The van der Waals surface area contributed by atoms with Gasteiger partial charge in [0.2, 0.25) is 5.28 Å². The summed E-state index contributed by atoms with van der Waals surface area (Å²) in [5.41, 5.74) is 5.27. The molecule has 1 atom stereocenters. The van der Waals surface area contributed by atoms with Crippen molar-refractivity contribution >= 4 is 55.5 Å². The second kappa shape index (κ2) is 15.8. The largest absolute Gasteiger partial charge is 0.543 e. The molecular weight excluding hydrogens is 734 g/mol. The lowest BCUT2D eigenvalue weighted by molar-refractivity contribution is 0.0448. The molecule has 1 fully saturated rings. The standard InChI is InChI=1S/C43H59ClF2N4O2Si2/c1-25(2)53(26(3)4,27(5)6)20-17-33-36(45)16-15-31-21-32(52-54(28(7)8,29(9)10)30(11)12)22-34(37(31)33)39-38(46)40-35(23-47-39)41(49-42(44)48-40)50-19-14-18-43(13,51)24-50/h15-16,21-23,25-30,51H,14,18-19,24H2,1-13H3/t43-/m1/s1. The van der Waals surface area contributed by atoms with Crippen LogP contribution in [0, 0.1) is 23.1 Å². The van der Waals surface area contributed by atoms with Crippen LogP contribution in [0.3, 0.4) is 0 Å². The van der Waals surface area contributed by atoms with E-state index in [1.165, 1.54) is 6.07 Å². The molecule has 0 bridgehead atoms. The maximum atomic E-state index is 17.3. The van der Waals surface area contributed by atoms with Crippen LogP contribution in [0.25, 0.3) is 32.9 Å². The Morgan fingerprint density at radius 2 is 1.50 bits per heavy atom. The number of fused-ring (bicyclic) bond motifs is 2. The Morgan fingerprint density at radius 1 is 0.889 bits per heavy atom. The molecule has 1 aliphatic rings. The summed E-state index contributed by atoms with van der Waals surface area (Å²) < 4.78 is 40.8. The maximum Gasteiger partial charge on any atom is 0.258 e. The number of hydrogen-bond donors (Lipinski definition) is 1. The number of aliphatic hydroxyl groups is 1. The van der Waals surface area contributed by atoms with Crippen LogP contribution >= 0.6 is 11.6 Å². The van der Waals surface area contributed by atoms with Crippen molar-refractivity contribution in [1.82, 2.24) is 15.0 Å². The van der Waals surface area contributed by atoms with E-state index in [4.69, 9.17) is 21.0 Å². The van der Waals surface area contributed by atoms with Gasteiger partial charge in [-0.3, -0.25) is 4.98 Å². The van der Waals surface area contributed by atoms with Crippen LogP contribution in [-0.4, -0.2) is 55.1 Å². The van der Waals surface area contributed by atoms with E-state index in [0.717, 1.165) is 6.42 Å². The van der Waals surface area contributed by atoms with Gasteiger partial charge in [0.25, 0.3) is 8.32 Å². The van der Waals surface area contributed by atoms with Crippen LogP contribution < -0.4 is 9.33 Å². The average molecular weight is 794 g/mol. The first-order chi connectivity index (χ1) is 25.2. The number of piperidine rings is 1. The van der Waals surface area contributed by atoms with Gasteiger partial charge in [-0.25, -0.2) is 13.8 Å². The Bertz CT molecular complexity index is 2050. The quantitative estimate of drug-likeness (QED) is 0.0979. The predicted octanol–water partition coefficient (Wildman–Crippen LogP) is 12.3. The van der Waals surface area contributed by atoms with Gasteiger partial charge in [-0.2, -0.15) is 4.98 Å². The molecule has 0 saturated carbocycles. The van der Waals surface area contributed by atoms with Crippen LogP contribution in [0.15, 0.2) is 30.5 Å². The second-order valence-corrected chi connectivity index (χ2v) is 28.9. The van der Waals surface area contributed by atoms with Gasteiger partial charge in [0.05, 0.1) is 16.6 Å². The fourth-order valence-electron chi connectivity index (χ4n) is 9.79. The molecule has 292 valence electrons. The minimum absolute atomic E-state index is 0.00366. The van der Waals surface area contributed by atoms with E-state index in [2.05, 4.69) is 105 Å². The van der Waals surface area contributed by atoms with Gasteiger partial charge in [0.15, 0.2) is 5.82 Å². The molecule has 2 aromatic heterocycles. The minimum Gasteiger partial charge on any atom is -0.543 e. The van der Waals surface area contributed by atoms with Crippen molar-refractivity contribution in [3.63, 3.8) is 0 Å². The Labute approximate surface area is 328 Å². The van der Waals surface area contributed by atoms with Gasteiger partial charge in [-0.05, 0) is 88.2 Å². The first-order valence-corrected chi connectivity index (χ1v) is 24.4. The summed E-state index contributed by atoms with van der Waals surface area (Å²) in [5.74, 6) is 3.23. The fourth-order valence-corrected chi connectivity index (χ4v) is 20.4. The third-order valence-corrected chi connectivity index (χ3v) is 24.6. The van der Waals surface area contributed by atoms with Crippen LogP contribution in [0.4, 0.5) is 14.6 Å². The molecule has 1 aliphatic heterocycles. The summed E-state index contributed by atoms with van der Waals surface area (Å²) in [5, 5.41) is 12.3. The number of hydrogen-bond acceptors (Lipinski definition) is 6. The number of nitrogens with zero attached hydrogens (tertiary/aromatic N) is 4. The minimum atomic E-state index is -2.46. The highest BCUT2D eigenvalue weighted by atomic mass is 35.5. The Morgan fingerprint density at radius 3 is 2.06 bits per heavy atom. The molecule has 1 saturated heterocycles. The van der Waals surface area contributed by atoms with Crippen LogP contribution in [0.2, 0.25) is 38.5 Å². The van der Waals surface area contributed by atoms with E-state index in [0.29, 0.717) is 69.4 Å². The summed E-state index contributed by atoms with van der Waals surface area (Å²) in [7, 11) is -4.74. The van der Waals surface area contributed by atoms with Gasteiger partial charge < -0.3 is 14.4 Å². The summed E-state index contributed by atoms with van der Waals surface area (Å²) in [6.45, 7) is 29.4. The van der Waals surface area contributed by atoms with Crippen molar-refractivity contribution in [3.05, 3.63) is 52.9 Å². The summed E-state index contributed by atoms with van der Waals surface area (Å²) in [4.78, 5) is 15.5. The van der Waals surface area contributed by atoms with Gasteiger partial charge in [0.1, 0.15) is 36.7 Å². The number of halogens is 3. The van der Waals surface area contributed by atoms with Crippen LogP contribution in [0.5, 0.6) is 5.75 Å². The Hall–Kier alpha value is -3.11.